The number of rotatable bonds is 2. The first-order valence-corrected chi connectivity index (χ1v) is 7.91. The molecule has 0 aromatic heterocycles. The lowest BCUT2D eigenvalue weighted by Crippen LogP contribution is -2.59. The summed E-state index contributed by atoms with van der Waals surface area (Å²) in [6.45, 7) is 4.08. The topological polar surface area (TPSA) is 63.9 Å². The summed E-state index contributed by atoms with van der Waals surface area (Å²) in [6, 6.07) is 6.56. The van der Waals surface area contributed by atoms with Gasteiger partial charge in [0.2, 0.25) is 5.96 Å². The summed E-state index contributed by atoms with van der Waals surface area (Å²) in [6.07, 6.45) is 3.64. The monoisotopic (exact) mass is 329 g/mol. The number of guanidine groups is 1. The van der Waals surface area contributed by atoms with Crippen molar-refractivity contribution in [3.8, 4) is 6.07 Å². The molecule has 2 aliphatic rings. The van der Waals surface area contributed by atoms with Crippen molar-refractivity contribution in [2.45, 2.75) is 19.0 Å². The van der Waals surface area contributed by atoms with Gasteiger partial charge in [0.25, 0.3) is 0 Å². The van der Waals surface area contributed by atoms with Gasteiger partial charge < -0.3 is 10.1 Å². The Morgan fingerprint density at radius 3 is 2.96 bits per heavy atom. The normalized spacial score (nSPS) is 24.4. The van der Waals surface area contributed by atoms with Crippen molar-refractivity contribution < 1.29 is 9.13 Å². The summed E-state index contributed by atoms with van der Waals surface area (Å²) in [4.78, 5) is 4.39. The number of hydrazine groups is 1. The average Bonchev–Trinajstić information content (AvgIpc) is 2.61. The molecule has 0 bridgehead atoms. The number of hydrogen-bond donors (Lipinski definition) is 1. The summed E-state index contributed by atoms with van der Waals surface area (Å²) in [5.41, 5.74) is 0.816. The van der Waals surface area contributed by atoms with E-state index in [2.05, 4.69) is 22.2 Å². The molecule has 0 amide bonds. The van der Waals surface area contributed by atoms with Crippen LogP contribution >= 0.6 is 0 Å². The smallest absolute Gasteiger partial charge is 0.214 e. The van der Waals surface area contributed by atoms with Gasteiger partial charge in [0, 0.05) is 19.8 Å². The van der Waals surface area contributed by atoms with Crippen LogP contribution in [0.1, 0.15) is 24.1 Å². The van der Waals surface area contributed by atoms with E-state index >= 15 is 0 Å². The molecule has 126 valence electrons. The highest BCUT2D eigenvalue weighted by atomic mass is 19.1. The second-order valence-corrected chi connectivity index (χ2v) is 5.77. The van der Waals surface area contributed by atoms with E-state index in [-0.39, 0.29) is 17.6 Å². The number of aliphatic imine (C=N–C) groups is 1. The van der Waals surface area contributed by atoms with Gasteiger partial charge in [-0.3, -0.25) is 5.01 Å². The van der Waals surface area contributed by atoms with Crippen LogP contribution in [0.25, 0.3) is 0 Å². The molecule has 2 atom stereocenters. The third-order valence-electron chi connectivity index (χ3n) is 4.23. The van der Waals surface area contributed by atoms with Gasteiger partial charge >= 0.3 is 0 Å². The summed E-state index contributed by atoms with van der Waals surface area (Å²) in [5, 5.41) is 16.2. The Bertz CT molecular complexity index is 711. The first-order chi connectivity index (χ1) is 11.7. The maximum absolute atomic E-state index is 14.1. The molecule has 3 rings (SSSR count). The molecular formula is C17H20FN5O. The van der Waals surface area contributed by atoms with E-state index in [1.807, 2.05) is 24.2 Å². The summed E-state index contributed by atoms with van der Waals surface area (Å²) >= 11 is 0. The summed E-state index contributed by atoms with van der Waals surface area (Å²) in [5.74, 6) is 0.188. The van der Waals surface area contributed by atoms with Gasteiger partial charge in [0.1, 0.15) is 11.9 Å². The van der Waals surface area contributed by atoms with Gasteiger partial charge in [0.05, 0.1) is 30.9 Å². The second-order valence-electron chi connectivity index (χ2n) is 5.77. The number of nitrogens with zero attached hydrogens (tertiary/aromatic N) is 4. The second kappa shape index (κ2) is 6.99. The van der Waals surface area contributed by atoms with E-state index in [4.69, 9.17) is 10.00 Å². The number of nitrogens with one attached hydrogen (secondary N) is 1. The van der Waals surface area contributed by atoms with Crippen LogP contribution in [0.2, 0.25) is 0 Å². The number of nitriles is 1. The fraction of sp³-hybridized carbons (Fsp3) is 0.412. The number of halogens is 1. The number of morpholine rings is 1. The first-order valence-electron chi connectivity index (χ1n) is 7.91. The molecule has 0 saturated carbocycles. The molecule has 0 radical (unpaired) electrons. The van der Waals surface area contributed by atoms with Crippen molar-refractivity contribution in [1.29, 1.82) is 5.26 Å². The third kappa shape index (κ3) is 2.98. The van der Waals surface area contributed by atoms with Gasteiger partial charge in [-0.25, -0.2) is 14.4 Å². The quantitative estimate of drug-likeness (QED) is 0.896. The number of hydrogen-bond acceptors (Lipinski definition) is 6. The summed E-state index contributed by atoms with van der Waals surface area (Å²) in [7, 11) is 1.81. The molecular weight excluding hydrogens is 309 g/mol. The van der Waals surface area contributed by atoms with Gasteiger partial charge in [0.15, 0.2) is 0 Å². The Labute approximate surface area is 140 Å². The molecule has 2 heterocycles. The van der Waals surface area contributed by atoms with E-state index in [0.717, 1.165) is 12.1 Å². The third-order valence-corrected chi connectivity index (χ3v) is 4.23. The van der Waals surface area contributed by atoms with Crippen molar-refractivity contribution in [2.75, 3.05) is 26.8 Å². The highest BCUT2D eigenvalue weighted by Gasteiger charge is 2.33. The van der Waals surface area contributed by atoms with Gasteiger partial charge in [-0.2, -0.15) is 5.26 Å². The van der Waals surface area contributed by atoms with Crippen LogP contribution in [0.3, 0.4) is 0 Å². The summed E-state index contributed by atoms with van der Waals surface area (Å²) < 4.78 is 19.6. The van der Waals surface area contributed by atoms with Crippen LogP contribution in [0.4, 0.5) is 4.39 Å². The molecule has 0 aliphatic carbocycles. The molecule has 24 heavy (non-hydrogen) atoms. The average molecular weight is 329 g/mol. The predicted molar refractivity (Wildman–Crippen MR) is 88.3 cm³/mol. The zero-order chi connectivity index (χ0) is 17.1. The van der Waals surface area contributed by atoms with Gasteiger partial charge in [-0.1, -0.05) is 6.07 Å². The SMILES string of the molecule is CNC1=NC=CC(c2ccc(C#N)c(F)c2)N1N1CCOCC1C. The maximum Gasteiger partial charge on any atom is 0.214 e. The van der Waals surface area contributed by atoms with Crippen molar-refractivity contribution in [3.05, 3.63) is 47.4 Å². The van der Waals surface area contributed by atoms with Crippen LogP contribution < -0.4 is 5.32 Å². The minimum atomic E-state index is -0.508. The molecule has 1 saturated heterocycles. The van der Waals surface area contributed by atoms with Crippen LogP contribution in [0.15, 0.2) is 35.5 Å². The highest BCUT2D eigenvalue weighted by molar-refractivity contribution is 5.81. The van der Waals surface area contributed by atoms with Crippen molar-refractivity contribution in [3.63, 3.8) is 0 Å². The molecule has 2 unspecified atom stereocenters. The largest absolute Gasteiger partial charge is 0.378 e. The molecule has 1 fully saturated rings. The van der Waals surface area contributed by atoms with Gasteiger partial charge in [-0.15, -0.1) is 0 Å². The van der Waals surface area contributed by atoms with Crippen LogP contribution in [0, 0.1) is 17.1 Å². The van der Waals surface area contributed by atoms with Gasteiger partial charge in [-0.05, 0) is 30.7 Å². The number of benzene rings is 1. The zero-order valence-electron chi connectivity index (χ0n) is 13.7. The fourth-order valence-electron chi connectivity index (χ4n) is 3.02. The highest BCUT2D eigenvalue weighted by Crippen LogP contribution is 2.29. The molecule has 6 nitrogen and oxygen atoms in total. The molecule has 0 spiro atoms. The Hall–Kier alpha value is -2.43. The lowest BCUT2D eigenvalue weighted by atomic mass is 10.0. The Balaban J connectivity index is 1.98. The molecule has 1 aromatic rings. The Morgan fingerprint density at radius 2 is 2.29 bits per heavy atom. The van der Waals surface area contributed by atoms with E-state index < -0.39 is 5.82 Å². The zero-order valence-corrected chi connectivity index (χ0v) is 13.7. The van der Waals surface area contributed by atoms with E-state index in [9.17, 15) is 4.39 Å². The standard InChI is InChI=1S/C17H20FN5O/c1-12-11-24-8-7-22(12)23-16(5-6-21-17(23)20-2)13-3-4-14(10-19)15(18)9-13/h3-6,9,12,16H,7-8,11H2,1-2H3,(H,20,21). The van der Waals surface area contributed by atoms with Crippen molar-refractivity contribution in [2.24, 2.45) is 4.99 Å². The minimum absolute atomic E-state index is 0.0485. The van der Waals surface area contributed by atoms with Crippen LogP contribution in [0.5, 0.6) is 0 Å². The minimum Gasteiger partial charge on any atom is -0.378 e. The van der Waals surface area contributed by atoms with E-state index in [1.54, 1.807) is 12.3 Å². The fourth-order valence-corrected chi connectivity index (χ4v) is 3.02. The first kappa shape index (κ1) is 16.4. The Morgan fingerprint density at radius 1 is 1.46 bits per heavy atom. The van der Waals surface area contributed by atoms with Crippen molar-refractivity contribution >= 4 is 5.96 Å². The van der Waals surface area contributed by atoms with Crippen LogP contribution in [-0.2, 0) is 4.74 Å². The molecule has 1 aromatic carbocycles. The lowest BCUT2D eigenvalue weighted by molar-refractivity contribution is -0.100. The van der Waals surface area contributed by atoms with E-state index in [0.29, 0.717) is 19.2 Å². The number of ether oxygens (including phenoxy) is 1. The molecule has 1 N–H and O–H groups in total. The van der Waals surface area contributed by atoms with E-state index in [1.165, 1.54) is 12.1 Å². The predicted octanol–water partition coefficient (Wildman–Crippen LogP) is 1.78. The van der Waals surface area contributed by atoms with Crippen molar-refractivity contribution in [1.82, 2.24) is 15.3 Å². The molecule has 7 heteroatoms. The van der Waals surface area contributed by atoms with Crippen LogP contribution in [-0.4, -0.2) is 48.8 Å². The molecule has 2 aliphatic heterocycles. The Kier molecular flexibility index (Phi) is 4.79. The maximum atomic E-state index is 14.1. The lowest BCUT2D eigenvalue weighted by Gasteiger charge is -2.46.